The van der Waals surface area contributed by atoms with E-state index in [1.807, 2.05) is 36.4 Å². The van der Waals surface area contributed by atoms with Gasteiger partial charge >= 0.3 is 5.97 Å². The second-order valence-electron chi connectivity index (χ2n) is 7.16. The maximum atomic E-state index is 12.3. The minimum atomic E-state index is -0.703. The van der Waals surface area contributed by atoms with Crippen LogP contribution < -0.4 is 16.4 Å². The Morgan fingerprint density at radius 2 is 1.29 bits per heavy atom. The number of esters is 1. The number of benzene rings is 3. The van der Waals surface area contributed by atoms with Gasteiger partial charge in [-0.25, -0.2) is 4.79 Å². The molecule has 0 unspecified atom stereocenters. The SMILES string of the molecule is CCc1cccc(Nc2cc(C(N)=O)c(C(=O)OC)cc2Nc2cccc(CC)c2)c1. The molecule has 31 heavy (non-hydrogen) atoms. The monoisotopic (exact) mass is 417 g/mol. The van der Waals surface area contributed by atoms with Crippen LogP contribution in [0.2, 0.25) is 0 Å². The molecule has 0 saturated heterocycles. The van der Waals surface area contributed by atoms with Crippen molar-refractivity contribution in [3.05, 3.63) is 82.9 Å². The van der Waals surface area contributed by atoms with Crippen LogP contribution in [-0.2, 0) is 17.6 Å². The lowest BCUT2D eigenvalue weighted by atomic mass is 10.0. The molecule has 0 aliphatic rings. The van der Waals surface area contributed by atoms with E-state index in [4.69, 9.17) is 10.5 Å². The summed E-state index contributed by atoms with van der Waals surface area (Å²) < 4.78 is 4.86. The Hall–Kier alpha value is -3.80. The molecule has 3 rings (SSSR count). The predicted molar refractivity (Wildman–Crippen MR) is 125 cm³/mol. The molecular weight excluding hydrogens is 390 g/mol. The van der Waals surface area contributed by atoms with Crippen LogP contribution in [0.5, 0.6) is 0 Å². The van der Waals surface area contributed by atoms with Gasteiger partial charge in [-0.3, -0.25) is 4.79 Å². The number of nitrogens with one attached hydrogen (secondary N) is 2. The zero-order valence-corrected chi connectivity index (χ0v) is 18.0. The van der Waals surface area contributed by atoms with Crippen molar-refractivity contribution in [1.82, 2.24) is 0 Å². The summed E-state index contributed by atoms with van der Waals surface area (Å²) in [7, 11) is 1.27. The van der Waals surface area contributed by atoms with Crippen LogP contribution in [0, 0.1) is 0 Å². The van der Waals surface area contributed by atoms with Gasteiger partial charge in [-0.2, -0.15) is 0 Å². The number of carbonyl (C=O) groups excluding carboxylic acids is 2. The molecule has 3 aromatic rings. The van der Waals surface area contributed by atoms with E-state index in [0.717, 1.165) is 24.2 Å². The molecule has 6 nitrogen and oxygen atoms in total. The van der Waals surface area contributed by atoms with Crippen molar-refractivity contribution in [2.45, 2.75) is 26.7 Å². The number of primary amides is 1. The highest BCUT2D eigenvalue weighted by molar-refractivity contribution is 6.07. The predicted octanol–water partition coefficient (Wildman–Crippen LogP) is 5.18. The molecule has 0 aliphatic carbocycles. The first-order valence-electron chi connectivity index (χ1n) is 10.2. The smallest absolute Gasteiger partial charge is 0.338 e. The lowest BCUT2D eigenvalue weighted by molar-refractivity contribution is 0.0597. The van der Waals surface area contributed by atoms with E-state index < -0.39 is 11.9 Å². The highest BCUT2D eigenvalue weighted by atomic mass is 16.5. The van der Waals surface area contributed by atoms with Gasteiger partial charge < -0.3 is 21.1 Å². The number of ether oxygens (including phenoxy) is 1. The molecule has 0 atom stereocenters. The second-order valence-corrected chi connectivity index (χ2v) is 7.16. The van der Waals surface area contributed by atoms with Crippen LogP contribution in [0.25, 0.3) is 0 Å². The van der Waals surface area contributed by atoms with Gasteiger partial charge in [0.2, 0.25) is 5.91 Å². The number of methoxy groups -OCH3 is 1. The van der Waals surface area contributed by atoms with Crippen molar-refractivity contribution in [1.29, 1.82) is 0 Å². The third-order valence-corrected chi connectivity index (χ3v) is 5.06. The number of anilines is 4. The third kappa shape index (κ3) is 5.22. The van der Waals surface area contributed by atoms with Crippen molar-refractivity contribution >= 4 is 34.6 Å². The second kappa shape index (κ2) is 9.80. The Bertz CT molecular complexity index is 1110. The molecule has 0 aliphatic heterocycles. The largest absolute Gasteiger partial charge is 0.465 e. The van der Waals surface area contributed by atoms with Gasteiger partial charge in [0.15, 0.2) is 0 Å². The first kappa shape index (κ1) is 21.9. The van der Waals surface area contributed by atoms with Crippen LogP contribution in [0.15, 0.2) is 60.7 Å². The fourth-order valence-corrected chi connectivity index (χ4v) is 3.34. The first-order chi connectivity index (χ1) is 14.9. The van der Waals surface area contributed by atoms with Crippen molar-refractivity contribution in [2.75, 3.05) is 17.7 Å². The van der Waals surface area contributed by atoms with Crippen molar-refractivity contribution < 1.29 is 14.3 Å². The van der Waals surface area contributed by atoms with E-state index in [1.165, 1.54) is 18.2 Å². The number of hydrogen-bond donors (Lipinski definition) is 3. The summed E-state index contributed by atoms with van der Waals surface area (Å²) in [6, 6.07) is 19.2. The van der Waals surface area contributed by atoms with E-state index in [2.05, 4.69) is 36.6 Å². The van der Waals surface area contributed by atoms with Gasteiger partial charge in [0.1, 0.15) is 0 Å². The minimum absolute atomic E-state index is 0.0915. The molecule has 0 bridgehead atoms. The maximum absolute atomic E-state index is 12.3. The molecule has 0 radical (unpaired) electrons. The van der Waals surface area contributed by atoms with E-state index >= 15 is 0 Å². The molecule has 0 heterocycles. The number of amides is 1. The van der Waals surface area contributed by atoms with Gasteiger partial charge in [0, 0.05) is 11.4 Å². The molecule has 0 saturated carbocycles. The Labute approximate surface area is 182 Å². The van der Waals surface area contributed by atoms with Gasteiger partial charge in [-0.1, -0.05) is 38.1 Å². The molecule has 0 fully saturated rings. The molecule has 160 valence electrons. The summed E-state index contributed by atoms with van der Waals surface area (Å²) in [6.45, 7) is 4.17. The van der Waals surface area contributed by atoms with Crippen LogP contribution in [0.3, 0.4) is 0 Å². The number of rotatable bonds is 8. The van der Waals surface area contributed by atoms with E-state index in [1.54, 1.807) is 12.1 Å². The van der Waals surface area contributed by atoms with Crippen molar-refractivity contribution in [3.8, 4) is 0 Å². The Balaban J connectivity index is 2.11. The number of aryl methyl sites for hydroxylation is 2. The Morgan fingerprint density at radius 1 is 0.806 bits per heavy atom. The maximum Gasteiger partial charge on any atom is 0.338 e. The summed E-state index contributed by atoms with van der Waals surface area (Å²) in [4.78, 5) is 24.4. The molecule has 6 heteroatoms. The summed E-state index contributed by atoms with van der Waals surface area (Å²) in [5.74, 6) is -1.33. The van der Waals surface area contributed by atoms with Crippen molar-refractivity contribution in [2.24, 2.45) is 5.73 Å². The molecular formula is C25H27N3O3. The van der Waals surface area contributed by atoms with Crippen molar-refractivity contribution in [3.63, 3.8) is 0 Å². The zero-order valence-electron chi connectivity index (χ0n) is 18.0. The zero-order chi connectivity index (χ0) is 22.4. The number of hydrogen-bond acceptors (Lipinski definition) is 5. The lowest BCUT2D eigenvalue weighted by Crippen LogP contribution is -2.18. The van der Waals surface area contributed by atoms with Gasteiger partial charge in [-0.05, 0) is 60.4 Å². The average molecular weight is 418 g/mol. The molecule has 0 aromatic heterocycles. The lowest BCUT2D eigenvalue weighted by Gasteiger charge is -2.18. The summed E-state index contributed by atoms with van der Waals surface area (Å²) in [5.41, 5.74) is 11.1. The number of nitrogens with two attached hydrogens (primary N) is 1. The van der Waals surface area contributed by atoms with Crippen LogP contribution in [0.1, 0.15) is 45.7 Å². The van der Waals surface area contributed by atoms with Gasteiger partial charge in [0.05, 0.1) is 29.6 Å². The van der Waals surface area contributed by atoms with Gasteiger partial charge in [-0.15, -0.1) is 0 Å². The minimum Gasteiger partial charge on any atom is -0.465 e. The van der Waals surface area contributed by atoms with E-state index in [9.17, 15) is 9.59 Å². The quantitative estimate of drug-likeness (QED) is 0.439. The molecule has 3 aromatic carbocycles. The summed E-state index contributed by atoms with van der Waals surface area (Å²) in [5, 5.41) is 6.71. The van der Waals surface area contributed by atoms with E-state index in [-0.39, 0.29) is 11.1 Å². The average Bonchev–Trinajstić information content (AvgIpc) is 2.79. The fraction of sp³-hybridized carbons (Fsp3) is 0.200. The molecule has 1 amide bonds. The molecule has 0 spiro atoms. The Morgan fingerprint density at radius 3 is 1.71 bits per heavy atom. The summed E-state index contributed by atoms with van der Waals surface area (Å²) >= 11 is 0. The van der Waals surface area contributed by atoms with E-state index in [0.29, 0.717) is 11.4 Å². The summed E-state index contributed by atoms with van der Waals surface area (Å²) in [6.07, 6.45) is 1.80. The standard InChI is InChI=1S/C25H27N3O3/c1-4-16-8-6-10-18(12-16)27-22-14-20(24(26)29)21(25(30)31-3)15-23(22)28-19-11-7-9-17(5-2)13-19/h6-15,27-28H,4-5H2,1-3H3,(H2,26,29). The van der Waals surface area contributed by atoms with Gasteiger partial charge in [0.25, 0.3) is 0 Å². The highest BCUT2D eigenvalue weighted by Crippen LogP contribution is 2.33. The topological polar surface area (TPSA) is 93.5 Å². The molecule has 4 N–H and O–H groups in total. The normalized spacial score (nSPS) is 10.4. The van der Waals surface area contributed by atoms with Crippen LogP contribution in [0.4, 0.5) is 22.7 Å². The van der Waals surface area contributed by atoms with Crippen LogP contribution in [-0.4, -0.2) is 19.0 Å². The first-order valence-corrected chi connectivity index (χ1v) is 10.2. The Kier molecular flexibility index (Phi) is 6.92. The number of carbonyl (C=O) groups is 2. The third-order valence-electron chi connectivity index (χ3n) is 5.06. The fourth-order valence-electron chi connectivity index (χ4n) is 3.34. The highest BCUT2D eigenvalue weighted by Gasteiger charge is 2.20. The van der Waals surface area contributed by atoms with Crippen LogP contribution >= 0.6 is 0 Å².